The number of amides is 2. The van der Waals surface area contributed by atoms with E-state index >= 15 is 0 Å². The molecule has 0 heterocycles. The Hall–Kier alpha value is -2.82. The molecule has 0 saturated carbocycles. The van der Waals surface area contributed by atoms with Crippen LogP contribution in [0.1, 0.15) is 49.4 Å². The van der Waals surface area contributed by atoms with Crippen LogP contribution in [0.4, 0.5) is 0 Å². The quantitative estimate of drug-likeness (QED) is 0.674. The third-order valence-electron chi connectivity index (χ3n) is 5.32. The van der Waals surface area contributed by atoms with Crippen molar-refractivity contribution in [1.82, 2.24) is 10.2 Å². The Morgan fingerprint density at radius 3 is 2.13 bits per heavy atom. The van der Waals surface area contributed by atoms with Gasteiger partial charge in [-0.15, -0.1) is 0 Å². The summed E-state index contributed by atoms with van der Waals surface area (Å²) in [4.78, 5) is 27.7. The highest BCUT2D eigenvalue weighted by molar-refractivity contribution is 5.88. The van der Waals surface area contributed by atoms with Crippen LogP contribution in [0.3, 0.4) is 0 Å². The van der Waals surface area contributed by atoms with Crippen LogP contribution in [0, 0.1) is 13.8 Å². The van der Waals surface area contributed by atoms with Crippen molar-refractivity contribution in [2.45, 2.75) is 66.1 Å². The molecule has 0 aliphatic heterocycles. The van der Waals surface area contributed by atoms with Crippen molar-refractivity contribution in [2.24, 2.45) is 0 Å². The van der Waals surface area contributed by atoms with E-state index in [1.54, 1.807) is 18.9 Å². The van der Waals surface area contributed by atoms with E-state index in [1.165, 1.54) is 0 Å². The van der Waals surface area contributed by atoms with E-state index in [9.17, 15) is 9.59 Å². The minimum atomic E-state index is -0.570. The minimum Gasteiger partial charge on any atom is -0.497 e. The Balaban J connectivity index is 2.25. The second-order valence-corrected chi connectivity index (χ2v) is 8.04. The van der Waals surface area contributed by atoms with Gasteiger partial charge in [0.25, 0.3) is 0 Å². The van der Waals surface area contributed by atoms with E-state index in [0.29, 0.717) is 6.54 Å². The fraction of sp³-hybridized carbons (Fsp3) is 0.440. The average molecular weight is 411 g/mol. The van der Waals surface area contributed by atoms with Gasteiger partial charge in [-0.1, -0.05) is 48.4 Å². The minimum absolute atomic E-state index is 0.0670. The Morgan fingerprint density at radius 2 is 1.60 bits per heavy atom. The summed E-state index contributed by atoms with van der Waals surface area (Å²) in [7, 11) is 1.62. The number of carbonyl (C=O) groups is 2. The standard InChI is InChI=1S/C25H34N2O3/c1-7-19(4)26-25(29)20(5)27(16-21-8-10-23(30-6)11-9-21)24(28)15-22-13-17(2)12-18(3)14-22/h8-14,19-20H,7,15-16H2,1-6H3,(H,26,29)/t19-,20+/m1/s1. The van der Waals surface area contributed by atoms with Gasteiger partial charge < -0.3 is 15.0 Å². The van der Waals surface area contributed by atoms with E-state index in [-0.39, 0.29) is 24.3 Å². The van der Waals surface area contributed by atoms with Gasteiger partial charge in [-0.05, 0) is 57.4 Å². The zero-order chi connectivity index (χ0) is 22.3. The Morgan fingerprint density at radius 1 is 1.00 bits per heavy atom. The molecule has 0 bridgehead atoms. The topological polar surface area (TPSA) is 58.6 Å². The van der Waals surface area contributed by atoms with Gasteiger partial charge in [0.05, 0.1) is 13.5 Å². The second kappa shape index (κ2) is 10.8. The van der Waals surface area contributed by atoms with E-state index < -0.39 is 6.04 Å². The number of ether oxygens (including phenoxy) is 1. The molecule has 2 aromatic carbocycles. The molecule has 0 radical (unpaired) electrons. The molecule has 1 N–H and O–H groups in total. The monoisotopic (exact) mass is 410 g/mol. The highest BCUT2D eigenvalue weighted by Crippen LogP contribution is 2.17. The van der Waals surface area contributed by atoms with E-state index in [4.69, 9.17) is 4.74 Å². The molecule has 2 atom stereocenters. The lowest BCUT2D eigenvalue weighted by molar-refractivity contribution is -0.140. The van der Waals surface area contributed by atoms with Gasteiger partial charge in [0.1, 0.15) is 11.8 Å². The van der Waals surface area contributed by atoms with E-state index in [0.717, 1.165) is 34.4 Å². The van der Waals surface area contributed by atoms with Gasteiger partial charge in [-0.3, -0.25) is 9.59 Å². The number of aryl methyl sites for hydroxylation is 2. The van der Waals surface area contributed by atoms with Crippen molar-refractivity contribution < 1.29 is 14.3 Å². The van der Waals surface area contributed by atoms with Crippen molar-refractivity contribution in [1.29, 1.82) is 0 Å². The van der Waals surface area contributed by atoms with Crippen LogP contribution < -0.4 is 10.1 Å². The van der Waals surface area contributed by atoms with E-state index in [2.05, 4.69) is 11.4 Å². The highest BCUT2D eigenvalue weighted by Gasteiger charge is 2.27. The van der Waals surface area contributed by atoms with Crippen LogP contribution in [-0.2, 0) is 22.6 Å². The Labute approximate surface area is 180 Å². The molecule has 0 spiro atoms. The highest BCUT2D eigenvalue weighted by atomic mass is 16.5. The Bertz CT molecular complexity index is 841. The predicted octanol–water partition coefficient (Wildman–Crippen LogP) is 4.19. The maximum atomic E-state index is 13.3. The molecule has 0 aliphatic rings. The zero-order valence-electron chi connectivity index (χ0n) is 19.0. The number of hydrogen-bond acceptors (Lipinski definition) is 3. The molecule has 30 heavy (non-hydrogen) atoms. The summed E-state index contributed by atoms with van der Waals surface area (Å²) in [5.41, 5.74) is 4.17. The van der Waals surface area contributed by atoms with Crippen LogP contribution in [0.2, 0.25) is 0 Å². The maximum absolute atomic E-state index is 13.3. The third-order valence-corrected chi connectivity index (χ3v) is 5.32. The van der Waals surface area contributed by atoms with Crippen molar-refractivity contribution in [3.05, 3.63) is 64.7 Å². The van der Waals surface area contributed by atoms with Crippen LogP contribution in [0.15, 0.2) is 42.5 Å². The number of nitrogens with zero attached hydrogens (tertiary/aromatic N) is 1. The van der Waals surface area contributed by atoms with Crippen molar-refractivity contribution >= 4 is 11.8 Å². The fourth-order valence-electron chi connectivity index (χ4n) is 3.42. The van der Waals surface area contributed by atoms with Gasteiger partial charge in [0.2, 0.25) is 11.8 Å². The van der Waals surface area contributed by atoms with E-state index in [1.807, 2.05) is 64.1 Å². The van der Waals surface area contributed by atoms with Gasteiger partial charge in [-0.2, -0.15) is 0 Å². The van der Waals surface area contributed by atoms with Crippen LogP contribution in [0.5, 0.6) is 5.75 Å². The van der Waals surface area contributed by atoms with Crippen LogP contribution in [-0.4, -0.2) is 35.9 Å². The molecule has 162 valence electrons. The first-order valence-electron chi connectivity index (χ1n) is 10.5. The van der Waals surface area contributed by atoms with Gasteiger partial charge >= 0.3 is 0 Å². The van der Waals surface area contributed by atoms with Crippen molar-refractivity contribution in [3.8, 4) is 5.75 Å². The summed E-state index contributed by atoms with van der Waals surface area (Å²) in [5.74, 6) is 0.559. The largest absolute Gasteiger partial charge is 0.497 e. The normalized spacial score (nSPS) is 12.7. The molecular weight excluding hydrogens is 376 g/mol. The lowest BCUT2D eigenvalue weighted by Crippen LogP contribution is -2.49. The lowest BCUT2D eigenvalue weighted by Gasteiger charge is -2.30. The fourth-order valence-corrected chi connectivity index (χ4v) is 3.42. The second-order valence-electron chi connectivity index (χ2n) is 8.04. The zero-order valence-corrected chi connectivity index (χ0v) is 19.0. The lowest BCUT2D eigenvalue weighted by atomic mass is 10.0. The first-order valence-corrected chi connectivity index (χ1v) is 10.5. The van der Waals surface area contributed by atoms with Crippen LogP contribution in [0.25, 0.3) is 0 Å². The SMILES string of the molecule is CC[C@@H](C)NC(=O)[C@H](C)N(Cc1ccc(OC)cc1)C(=O)Cc1cc(C)cc(C)c1. The summed E-state index contributed by atoms with van der Waals surface area (Å²) >= 11 is 0. The van der Waals surface area contributed by atoms with Crippen molar-refractivity contribution in [3.63, 3.8) is 0 Å². The predicted molar refractivity (Wildman–Crippen MR) is 121 cm³/mol. The molecule has 5 heteroatoms. The molecule has 5 nitrogen and oxygen atoms in total. The van der Waals surface area contributed by atoms with Gasteiger partial charge in [-0.25, -0.2) is 0 Å². The Kier molecular flexibility index (Phi) is 8.46. The maximum Gasteiger partial charge on any atom is 0.242 e. The van der Waals surface area contributed by atoms with Crippen molar-refractivity contribution in [2.75, 3.05) is 7.11 Å². The number of carbonyl (C=O) groups excluding carboxylic acids is 2. The number of rotatable bonds is 9. The van der Waals surface area contributed by atoms with Gasteiger partial charge in [0, 0.05) is 12.6 Å². The number of hydrogen-bond donors (Lipinski definition) is 1. The number of nitrogens with one attached hydrogen (secondary N) is 1. The molecule has 2 rings (SSSR count). The molecule has 2 amide bonds. The van der Waals surface area contributed by atoms with Gasteiger partial charge in [0.15, 0.2) is 0 Å². The summed E-state index contributed by atoms with van der Waals surface area (Å²) in [5, 5.41) is 3.00. The number of methoxy groups -OCH3 is 1. The molecule has 2 aromatic rings. The smallest absolute Gasteiger partial charge is 0.242 e. The summed E-state index contributed by atoms with van der Waals surface area (Å²) in [6.45, 7) is 10.2. The van der Waals surface area contributed by atoms with Crippen LogP contribution >= 0.6 is 0 Å². The molecular formula is C25H34N2O3. The molecule has 0 fully saturated rings. The third kappa shape index (κ3) is 6.61. The summed E-state index contributed by atoms with van der Waals surface area (Å²) in [6, 6.07) is 13.2. The molecule has 0 aliphatic carbocycles. The average Bonchev–Trinajstić information content (AvgIpc) is 2.70. The summed E-state index contributed by atoms with van der Waals surface area (Å²) in [6.07, 6.45) is 1.10. The number of benzene rings is 2. The summed E-state index contributed by atoms with van der Waals surface area (Å²) < 4.78 is 5.22. The molecule has 0 saturated heterocycles. The first kappa shape index (κ1) is 23.5. The molecule has 0 aromatic heterocycles. The molecule has 0 unspecified atom stereocenters. The first-order chi connectivity index (χ1) is 14.2.